The fourth-order valence-corrected chi connectivity index (χ4v) is 5.81. The lowest BCUT2D eigenvalue weighted by molar-refractivity contribution is 0.0265. The molecule has 1 N–H and O–H groups in total. The Hall–Kier alpha value is -4.05. The average Bonchev–Trinajstić information content (AvgIpc) is 3.59. The number of carbonyl (C=O) groups is 1. The van der Waals surface area contributed by atoms with E-state index in [1.165, 1.54) is 18.2 Å². The van der Waals surface area contributed by atoms with Crippen LogP contribution in [0.15, 0.2) is 42.9 Å². The first-order valence-electron chi connectivity index (χ1n) is 12.8. The Balaban J connectivity index is 1.33. The van der Waals surface area contributed by atoms with Crippen LogP contribution in [-0.4, -0.2) is 51.0 Å². The first kappa shape index (κ1) is 23.1. The number of hydrogen-bond acceptors (Lipinski definition) is 6. The van der Waals surface area contributed by atoms with Gasteiger partial charge in [0, 0.05) is 61.7 Å². The highest BCUT2D eigenvalue weighted by atomic mass is 19.1. The zero-order valence-corrected chi connectivity index (χ0v) is 20.5. The molecule has 0 aliphatic carbocycles. The molecular formula is C28H25F2N5O3. The number of anilines is 1. The fourth-order valence-electron chi connectivity index (χ4n) is 5.81. The molecule has 5 heterocycles. The minimum atomic E-state index is -0.360. The van der Waals surface area contributed by atoms with Gasteiger partial charge >= 0.3 is 0 Å². The van der Waals surface area contributed by atoms with Crippen molar-refractivity contribution in [3.8, 4) is 16.9 Å². The fraction of sp³-hybridized carbons (Fsp3) is 0.321. The maximum atomic E-state index is 14.7. The average molecular weight is 518 g/mol. The lowest BCUT2D eigenvalue weighted by atomic mass is 9.95. The van der Waals surface area contributed by atoms with Gasteiger partial charge in [-0.15, -0.1) is 0 Å². The minimum Gasteiger partial charge on any atom is -0.493 e. The van der Waals surface area contributed by atoms with E-state index in [1.807, 2.05) is 0 Å². The minimum absolute atomic E-state index is 0.0320. The number of fused-ring (bicyclic) bond motifs is 3. The van der Waals surface area contributed by atoms with Gasteiger partial charge < -0.3 is 19.7 Å². The molecule has 3 aliphatic heterocycles. The van der Waals surface area contributed by atoms with Crippen LogP contribution < -0.4 is 10.1 Å². The summed E-state index contributed by atoms with van der Waals surface area (Å²) in [7, 11) is 0. The van der Waals surface area contributed by atoms with Gasteiger partial charge in [0.2, 0.25) is 5.95 Å². The molecule has 1 fully saturated rings. The molecule has 8 nitrogen and oxygen atoms in total. The molecule has 3 aliphatic rings. The molecule has 10 heteroatoms. The number of carbonyl (C=O) groups excluding carboxylic acids is 1. The molecule has 0 bridgehead atoms. The molecule has 0 saturated carbocycles. The zero-order valence-electron chi connectivity index (χ0n) is 20.5. The number of rotatable bonds is 4. The zero-order chi connectivity index (χ0) is 25.8. The lowest BCUT2D eigenvalue weighted by Crippen LogP contribution is -2.43. The molecule has 1 saturated heterocycles. The predicted molar refractivity (Wildman–Crippen MR) is 135 cm³/mol. The molecule has 2 aromatic carbocycles. The quantitative estimate of drug-likeness (QED) is 0.434. The number of benzene rings is 2. The SMILES string of the molecule is O=C1c2ncn3c(NCc4c(F)ccc5c4CCO5)ncc(c23)-c2ccc(F)cc2CN1C1CCOCC1. The maximum absolute atomic E-state index is 14.7. The molecule has 0 atom stereocenters. The molecule has 4 aromatic rings. The maximum Gasteiger partial charge on any atom is 0.275 e. The predicted octanol–water partition coefficient (Wildman–Crippen LogP) is 4.36. The summed E-state index contributed by atoms with van der Waals surface area (Å²) in [5.74, 6) is 0.242. The number of hydrogen-bond donors (Lipinski definition) is 1. The number of ether oxygens (including phenoxy) is 2. The number of aromatic nitrogens is 3. The summed E-state index contributed by atoms with van der Waals surface area (Å²) in [5.41, 5.74) is 4.48. The smallest absolute Gasteiger partial charge is 0.275 e. The van der Waals surface area contributed by atoms with E-state index >= 15 is 0 Å². The first-order chi connectivity index (χ1) is 18.6. The third-order valence-electron chi connectivity index (χ3n) is 7.72. The number of nitrogens with zero attached hydrogens (tertiary/aromatic N) is 4. The molecular weight excluding hydrogens is 492 g/mol. The Bertz CT molecular complexity index is 1580. The van der Waals surface area contributed by atoms with E-state index < -0.39 is 0 Å². The van der Waals surface area contributed by atoms with Gasteiger partial charge in [-0.25, -0.2) is 18.7 Å². The van der Waals surface area contributed by atoms with E-state index in [0.29, 0.717) is 78.7 Å². The summed E-state index contributed by atoms with van der Waals surface area (Å²) in [4.78, 5) is 24.8. The highest BCUT2D eigenvalue weighted by Crippen LogP contribution is 2.36. The van der Waals surface area contributed by atoms with E-state index in [9.17, 15) is 13.6 Å². The molecule has 0 unspecified atom stereocenters. The van der Waals surface area contributed by atoms with E-state index in [0.717, 1.165) is 11.1 Å². The number of nitrogens with one attached hydrogen (secondary N) is 1. The van der Waals surface area contributed by atoms with Crippen molar-refractivity contribution in [3.05, 3.63) is 76.9 Å². The van der Waals surface area contributed by atoms with Gasteiger partial charge in [-0.2, -0.15) is 0 Å². The van der Waals surface area contributed by atoms with Crippen LogP contribution in [0.3, 0.4) is 0 Å². The Labute approximate surface area is 217 Å². The lowest BCUT2D eigenvalue weighted by Gasteiger charge is -2.35. The summed E-state index contributed by atoms with van der Waals surface area (Å²) in [6, 6.07) is 7.67. The topological polar surface area (TPSA) is 81.0 Å². The van der Waals surface area contributed by atoms with Crippen LogP contribution in [-0.2, 0) is 24.2 Å². The van der Waals surface area contributed by atoms with Crippen molar-refractivity contribution in [1.82, 2.24) is 19.3 Å². The van der Waals surface area contributed by atoms with Crippen molar-refractivity contribution in [3.63, 3.8) is 0 Å². The molecule has 7 rings (SSSR count). The van der Waals surface area contributed by atoms with Crippen molar-refractivity contribution in [2.75, 3.05) is 25.1 Å². The highest BCUT2D eigenvalue weighted by Gasteiger charge is 2.33. The van der Waals surface area contributed by atoms with Crippen molar-refractivity contribution in [2.45, 2.75) is 38.4 Å². The largest absolute Gasteiger partial charge is 0.493 e. The van der Waals surface area contributed by atoms with Crippen molar-refractivity contribution in [2.24, 2.45) is 0 Å². The summed E-state index contributed by atoms with van der Waals surface area (Å²) in [5, 5.41) is 3.24. The Morgan fingerprint density at radius 3 is 2.79 bits per heavy atom. The highest BCUT2D eigenvalue weighted by molar-refractivity contribution is 6.04. The van der Waals surface area contributed by atoms with Crippen LogP contribution in [0.2, 0.25) is 0 Å². The van der Waals surface area contributed by atoms with Crippen molar-refractivity contribution in [1.29, 1.82) is 0 Å². The molecule has 0 spiro atoms. The second-order valence-electron chi connectivity index (χ2n) is 9.84. The Morgan fingerprint density at radius 1 is 1.05 bits per heavy atom. The monoisotopic (exact) mass is 517 g/mol. The van der Waals surface area contributed by atoms with Crippen molar-refractivity contribution >= 4 is 17.4 Å². The van der Waals surface area contributed by atoms with Gasteiger partial charge in [-0.1, -0.05) is 6.07 Å². The van der Waals surface area contributed by atoms with Crippen LogP contribution in [0.5, 0.6) is 5.75 Å². The number of halogens is 2. The number of imidazole rings is 1. The molecule has 2 aromatic heterocycles. The standard InChI is InChI=1S/C28H25F2N5O3/c29-17-1-2-19-16(11-17)14-34(18-5-8-37-9-6-18)27(36)25-26-22(19)13-32-28(35(26)15-33-25)31-12-21-20-7-10-38-24(20)4-3-23(21)30/h1-4,11,13,15,18H,5-10,12,14H2,(H,31,32). The summed E-state index contributed by atoms with van der Waals surface area (Å²) >= 11 is 0. The Morgan fingerprint density at radius 2 is 1.92 bits per heavy atom. The van der Waals surface area contributed by atoms with E-state index in [2.05, 4.69) is 15.3 Å². The third kappa shape index (κ3) is 3.70. The van der Waals surface area contributed by atoms with E-state index in [4.69, 9.17) is 9.47 Å². The normalized spacial score (nSPS) is 17.1. The van der Waals surface area contributed by atoms with E-state index in [-0.39, 0.29) is 36.7 Å². The van der Waals surface area contributed by atoms with Crippen molar-refractivity contribution < 1.29 is 23.0 Å². The third-order valence-corrected chi connectivity index (χ3v) is 7.72. The molecule has 38 heavy (non-hydrogen) atoms. The number of amides is 1. The van der Waals surface area contributed by atoms with Gasteiger partial charge in [0.25, 0.3) is 5.91 Å². The van der Waals surface area contributed by atoms with E-state index in [1.54, 1.807) is 34.0 Å². The van der Waals surface area contributed by atoms with Crippen LogP contribution in [0.4, 0.5) is 14.7 Å². The molecule has 0 radical (unpaired) electrons. The van der Waals surface area contributed by atoms with Gasteiger partial charge in [0.05, 0.1) is 12.1 Å². The molecule has 194 valence electrons. The van der Waals surface area contributed by atoms with Crippen LogP contribution in [0.1, 0.15) is 40.0 Å². The summed E-state index contributed by atoms with van der Waals surface area (Å²) < 4.78 is 41.9. The molecule has 1 amide bonds. The van der Waals surface area contributed by atoms with Gasteiger partial charge in [-0.05, 0) is 48.2 Å². The van der Waals surface area contributed by atoms with Gasteiger partial charge in [0.1, 0.15) is 23.7 Å². The van der Waals surface area contributed by atoms with Gasteiger partial charge in [0.15, 0.2) is 5.69 Å². The second kappa shape index (κ2) is 9.05. The Kier molecular flexibility index (Phi) is 5.50. The van der Waals surface area contributed by atoms with Crippen LogP contribution in [0.25, 0.3) is 16.6 Å². The first-order valence-corrected chi connectivity index (χ1v) is 12.8. The van der Waals surface area contributed by atoms with Gasteiger partial charge in [-0.3, -0.25) is 9.20 Å². The van der Waals surface area contributed by atoms with Crippen LogP contribution >= 0.6 is 0 Å². The second-order valence-corrected chi connectivity index (χ2v) is 9.84. The summed E-state index contributed by atoms with van der Waals surface area (Å²) in [6.07, 6.45) is 5.30. The van der Waals surface area contributed by atoms with Crippen LogP contribution in [0, 0.1) is 11.6 Å². The summed E-state index contributed by atoms with van der Waals surface area (Å²) in [6.45, 7) is 2.14.